The van der Waals surface area contributed by atoms with Gasteiger partial charge in [0.25, 0.3) is 0 Å². The van der Waals surface area contributed by atoms with Crippen LogP contribution in [0.15, 0.2) is 71.6 Å². The van der Waals surface area contributed by atoms with Crippen molar-refractivity contribution in [3.8, 4) is 16.8 Å². The largest absolute Gasteiger partial charge is 0.372 e. The fourth-order valence-corrected chi connectivity index (χ4v) is 4.54. The minimum absolute atomic E-state index is 0.160. The van der Waals surface area contributed by atoms with Gasteiger partial charge in [0.15, 0.2) is 5.65 Å². The molecule has 152 valence electrons. The maximum Gasteiger partial charge on any atom is 0.150 e. The van der Waals surface area contributed by atoms with Crippen LogP contribution in [0.1, 0.15) is 13.8 Å². The number of benzene rings is 2. The van der Waals surface area contributed by atoms with E-state index in [0.717, 1.165) is 51.2 Å². The average Bonchev–Trinajstić information content (AvgIpc) is 3.14. The summed E-state index contributed by atoms with van der Waals surface area (Å²) in [6, 6.07) is 18.8. The van der Waals surface area contributed by atoms with Gasteiger partial charge < -0.3 is 14.2 Å². The lowest BCUT2D eigenvalue weighted by molar-refractivity contribution is -0.00537. The highest BCUT2D eigenvalue weighted by molar-refractivity contribution is 9.10. The summed E-state index contributed by atoms with van der Waals surface area (Å²) in [6.45, 7) is 5.86. The summed E-state index contributed by atoms with van der Waals surface area (Å²) in [5.41, 5.74) is 4.27. The van der Waals surface area contributed by atoms with Crippen LogP contribution in [0.25, 0.3) is 27.8 Å². The summed E-state index contributed by atoms with van der Waals surface area (Å²) in [6.07, 6.45) is 4.17. The molecule has 1 aliphatic heterocycles. The van der Waals surface area contributed by atoms with E-state index in [2.05, 4.69) is 94.0 Å². The Hall–Kier alpha value is -2.70. The number of hydrogen-bond donors (Lipinski definition) is 0. The number of aromatic nitrogens is 3. The second-order valence-corrected chi connectivity index (χ2v) is 8.73. The first-order valence-electron chi connectivity index (χ1n) is 10.2. The van der Waals surface area contributed by atoms with Gasteiger partial charge in [-0.05, 0) is 43.7 Å². The van der Waals surface area contributed by atoms with Crippen molar-refractivity contribution in [3.63, 3.8) is 0 Å². The van der Waals surface area contributed by atoms with Crippen LogP contribution in [0.4, 0.5) is 5.82 Å². The number of nitrogens with zero attached hydrogens (tertiary/aromatic N) is 4. The van der Waals surface area contributed by atoms with E-state index in [1.165, 1.54) is 0 Å². The van der Waals surface area contributed by atoms with Gasteiger partial charge in [-0.1, -0.05) is 46.3 Å². The molecular weight excluding hydrogens is 440 g/mol. The van der Waals surface area contributed by atoms with Crippen molar-refractivity contribution in [1.82, 2.24) is 14.5 Å². The van der Waals surface area contributed by atoms with E-state index >= 15 is 0 Å². The van der Waals surface area contributed by atoms with E-state index in [1.54, 1.807) is 6.33 Å². The molecule has 0 N–H and O–H groups in total. The highest BCUT2D eigenvalue weighted by Gasteiger charge is 2.27. The van der Waals surface area contributed by atoms with Crippen molar-refractivity contribution >= 4 is 32.8 Å². The van der Waals surface area contributed by atoms with Crippen LogP contribution in [-0.4, -0.2) is 39.8 Å². The molecule has 2 aromatic carbocycles. The van der Waals surface area contributed by atoms with Crippen molar-refractivity contribution < 1.29 is 4.74 Å². The van der Waals surface area contributed by atoms with Crippen molar-refractivity contribution in [1.29, 1.82) is 0 Å². The molecule has 1 saturated heterocycles. The van der Waals surface area contributed by atoms with E-state index in [-0.39, 0.29) is 12.2 Å². The zero-order valence-electron chi connectivity index (χ0n) is 17.0. The van der Waals surface area contributed by atoms with Gasteiger partial charge in [-0.25, -0.2) is 9.97 Å². The lowest BCUT2D eigenvalue weighted by atomic mass is 10.1. The van der Waals surface area contributed by atoms with Crippen molar-refractivity contribution in [3.05, 3.63) is 71.6 Å². The first kappa shape index (κ1) is 19.3. The van der Waals surface area contributed by atoms with Crippen molar-refractivity contribution in [2.45, 2.75) is 26.1 Å². The molecule has 3 heterocycles. The second kappa shape index (κ2) is 7.85. The fraction of sp³-hybridized carbons (Fsp3) is 0.250. The molecule has 2 atom stereocenters. The molecule has 0 spiro atoms. The molecular formula is C24H23BrN4O. The summed E-state index contributed by atoms with van der Waals surface area (Å²) in [7, 11) is 0. The monoisotopic (exact) mass is 462 g/mol. The van der Waals surface area contributed by atoms with Crippen molar-refractivity contribution in [2.75, 3.05) is 18.0 Å². The van der Waals surface area contributed by atoms with Gasteiger partial charge in [-0.15, -0.1) is 0 Å². The number of ether oxygens (including phenoxy) is 1. The Morgan fingerprint density at radius 3 is 2.33 bits per heavy atom. The highest BCUT2D eigenvalue weighted by Crippen LogP contribution is 2.37. The minimum atomic E-state index is 0.160. The normalized spacial score (nSPS) is 19.4. The van der Waals surface area contributed by atoms with E-state index in [9.17, 15) is 0 Å². The zero-order valence-corrected chi connectivity index (χ0v) is 18.6. The first-order valence-corrected chi connectivity index (χ1v) is 11.0. The van der Waals surface area contributed by atoms with Gasteiger partial charge >= 0.3 is 0 Å². The first-order chi connectivity index (χ1) is 14.6. The van der Waals surface area contributed by atoms with Crippen LogP contribution < -0.4 is 4.90 Å². The lowest BCUT2D eigenvalue weighted by Crippen LogP contribution is -2.46. The minimum Gasteiger partial charge on any atom is -0.372 e. The van der Waals surface area contributed by atoms with Crippen LogP contribution in [0.3, 0.4) is 0 Å². The Bertz CT molecular complexity index is 1160. The summed E-state index contributed by atoms with van der Waals surface area (Å²) in [4.78, 5) is 11.8. The van der Waals surface area contributed by atoms with Gasteiger partial charge in [0, 0.05) is 35.0 Å². The van der Waals surface area contributed by atoms with Crippen LogP contribution in [0.2, 0.25) is 0 Å². The summed E-state index contributed by atoms with van der Waals surface area (Å²) in [5, 5.41) is 1.08. The Morgan fingerprint density at radius 2 is 1.63 bits per heavy atom. The maximum absolute atomic E-state index is 5.96. The quantitative estimate of drug-likeness (QED) is 0.405. The molecule has 5 nitrogen and oxygen atoms in total. The Balaban J connectivity index is 1.75. The summed E-state index contributed by atoms with van der Waals surface area (Å²) < 4.78 is 9.16. The Kier molecular flexibility index (Phi) is 5.05. The van der Waals surface area contributed by atoms with Gasteiger partial charge in [0.05, 0.1) is 17.6 Å². The third-order valence-electron chi connectivity index (χ3n) is 5.47. The van der Waals surface area contributed by atoms with Crippen molar-refractivity contribution in [2.24, 2.45) is 0 Å². The number of hydrogen-bond acceptors (Lipinski definition) is 4. The Morgan fingerprint density at radius 1 is 0.933 bits per heavy atom. The summed E-state index contributed by atoms with van der Waals surface area (Å²) in [5.74, 6) is 0.969. The number of morpholine rings is 1. The topological polar surface area (TPSA) is 43.2 Å². The third-order valence-corrected chi connectivity index (χ3v) is 6.00. The molecule has 2 aromatic heterocycles. The number of halogens is 1. The van der Waals surface area contributed by atoms with Gasteiger partial charge in [0.2, 0.25) is 0 Å². The molecule has 1 fully saturated rings. The molecule has 0 saturated carbocycles. The second-order valence-electron chi connectivity index (χ2n) is 7.81. The number of rotatable bonds is 3. The standard InChI is InChI=1S/C24H23BrN4O/c1-16-12-28(13-17(2)30-16)23-22-21(18-6-4-3-5-7-18)14-29(24(22)27-15-26-23)20-10-8-19(25)9-11-20/h3-11,14-17H,12-13H2,1-2H3/t16-,17-/m1/s1. The van der Waals surface area contributed by atoms with Crippen LogP contribution in [0.5, 0.6) is 0 Å². The predicted molar refractivity (Wildman–Crippen MR) is 124 cm³/mol. The van der Waals surface area contributed by atoms with Crippen LogP contribution in [0, 0.1) is 0 Å². The van der Waals surface area contributed by atoms with Crippen LogP contribution in [-0.2, 0) is 4.74 Å². The van der Waals surface area contributed by atoms with E-state index in [0.29, 0.717) is 0 Å². The Labute approximate surface area is 184 Å². The molecule has 0 radical (unpaired) electrons. The van der Waals surface area contributed by atoms with E-state index in [1.807, 2.05) is 6.07 Å². The molecule has 30 heavy (non-hydrogen) atoms. The maximum atomic E-state index is 5.96. The molecule has 6 heteroatoms. The van der Waals surface area contributed by atoms with Gasteiger partial charge in [-0.3, -0.25) is 0 Å². The SMILES string of the molecule is C[C@@H]1CN(c2ncnc3c2c(-c2ccccc2)cn3-c2ccc(Br)cc2)C[C@@H](C)O1. The predicted octanol–water partition coefficient (Wildman–Crippen LogP) is 5.46. The van der Waals surface area contributed by atoms with Gasteiger partial charge in [0.1, 0.15) is 12.1 Å². The molecule has 0 aliphatic carbocycles. The third kappa shape index (κ3) is 3.50. The number of anilines is 1. The highest BCUT2D eigenvalue weighted by atomic mass is 79.9. The molecule has 4 aromatic rings. The zero-order chi connectivity index (χ0) is 20.7. The fourth-order valence-electron chi connectivity index (χ4n) is 4.27. The molecule has 0 amide bonds. The van der Waals surface area contributed by atoms with Crippen LogP contribution >= 0.6 is 15.9 Å². The van der Waals surface area contributed by atoms with E-state index < -0.39 is 0 Å². The molecule has 5 rings (SSSR count). The molecule has 0 bridgehead atoms. The molecule has 0 unspecified atom stereocenters. The summed E-state index contributed by atoms with van der Waals surface area (Å²) >= 11 is 3.53. The smallest absolute Gasteiger partial charge is 0.150 e. The number of fused-ring (bicyclic) bond motifs is 1. The van der Waals surface area contributed by atoms with Gasteiger partial charge in [-0.2, -0.15) is 0 Å². The average molecular weight is 463 g/mol. The molecule has 1 aliphatic rings. The van der Waals surface area contributed by atoms with E-state index in [4.69, 9.17) is 14.7 Å². The lowest BCUT2D eigenvalue weighted by Gasteiger charge is -2.36.